The van der Waals surface area contributed by atoms with E-state index in [1.54, 1.807) is 0 Å². The maximum Gasteiger partial charge on any atom is 0.0701 e. The Morgan fingerprint density at radius 2 is 1.79 bits per heavy atom. The number of thiol groups is 1. The Bertz CT molecular complexity index is 610. The Morgan fingerprint density at radius 1 is 0.929 bits per heavy atom. The Labute approximate surface area is 87.2 Å². The van der Waals surface area contributed by atoms with E-state index >= 15 is 0 Å². The molecule has 0 fully saturated rings. The van der Waals surface area contributed by atoms with Crippen LogP contribution in [-0.4, -0.2) is 4.98 Å². The molecule has 3 rings (SSSR count). The normalized spacial score (nSPS) is 11.2. The standard InChI is InChI=1S/C12H9NS/c14-12-7-10-9-4-2-1-3-8(9)5-6-11(10)13-12/h1-7,13-14H. The van der Waals surface area contributed by atoms with E-state index in [1.165, 1.54) is 16.2 Å². The molecule has 2 heteroatoms. The summed E-state index contributed by atoms with van der Waals surface area (Å²) in [7, 11) is 0. The van der Waals surface area contributed by atoms with E-state index < -0.39 is 0 Å². The highest BCUT2D eigenvalue weighted by atomic mass is 32.1. The summed E-state index contributed by atoms with van der Waals surface area (Å²) < 4.78 is 0. The lowest BCUT2D eigenvalue weighted by atomic mass is 10.1. The van der Waals surface area contributed by atoms with Crippen molar-refractivity contribution < 1.29 is 0 Å². The number of benzene rings is 2. The lowest BCUT2D eigenvalue weighted by Crippen LogP contribution is -1.72. The van der Waals surface area contributed by atoms with Gasteiger partial charge >= 0.3 is 0 Å². The van der Waals surface area contributed by atoms with Crippen LogP contribution in [0.1, 0.15) is 0 Å². The molecule has 0 saturated heterocycles. The predicted molar refractivity (Wildman–Crippen MR) is 63.1 cm³/mol. The largest absolute Gasteiger partial charge is 0.350 e. The molecular weight excluding hydrogens is 190 g/mol. The van der Waals surface area contributed by atoms with Crippen molar-refractivity contribution in [1.82, 2.24) is 4.98 Å². The molecule has 0 amide bonds. The fourth-order valence-electron chi connectivity index (χ4n) is 1.87. The smallest absolute Gasteiger partial charge is 0.0701 e. The highest BCUT2D eigenvalue weighted by molar-refractivity contribution is 7.80. The average molecular weight is 199 g/mol. The maximum atomic E-state index is 4.31. The summed E-state index contributed by atoms with van der Waals surface area (Å²) in [6, 6.07) is 14.7. The van der Waals surface area contributed by atoms with Crippen molar-refractivity contribution in [3.8, 4) is 0 Å². The van der Waals surface area contributed by atoms with E-state index in [4.69, 9.17) is 0 Å². The van der Waals surface area contributed by atoms with Crippen LogP contribution in [0, 0.1) is 0 Å². The molecule has 1 N–H and O–H groups in total. The van der Waals surface area contributed by atoms with Crippen molar-refractivity contribution in [2.75, 3.05) is 0 Å². The van der Waals surface area contributed by atoms with Gasteiger partial charge in [0, 0.05) is 10.9 Å². The van der Waals surface area contributed by atoms with E-state index in [0.29, 0.717) is 0 Å². The molecule has 0 unspecified atom stereocenters. The number of aromatic amines is 1. The Kier molecular flexibility index (Phi) is 1.58. The zero-order chi connectivity index (χ0) is 9.54. The molecule has 14 heavy (non-hydrogen) atoms. The average Bonchev–Trinajstić information content (AvgIpc) is 2.59. The van der Waals surface area contributed by atoms with Gasteiger partial charge in [-0.2, -0.15) is 0 Å². The molecule has 1 heterocycles. The summed E-state index contributed by atoms with van der Waals surface area (Å²) >= 11 is 4.31. The van der Waals surface area contributed by atoms with Gasteiger partial charge < -0.3 is 4.98 Å². The molecule has 1 aromatic heterocycles. The summed E-state index contributed by atoms with van der Waals surface area (Å²) in [6.45, 7) is 0. The number of nitrogens with one attached hydrogen (secondary N) is 1. The van der Waals surface area contributed by atoms with E-state index in [2.05, 4.69) is 60.1 Å². The number of H-pyrrole nitrogens is 1. The molecular formula is C12H9NS. The second-order valence-corrected chi connectivity index (χ2v) is 3.88. The zero-order valence-corrected chi connectivity index (χ0v) is 8.38. The minimum absolute atomic E-state index is 0.913. The molecule has 0 saturated carbocycles. The van der Waals surface area contributed by atoms with Gasteiger partial charge in [-0.1, -0.05) is 30.3 Å². The van der Waals surface area contributed by atoms with Crippen LogP contribution in [-0.2, 0) is 0 Å². The van der Waals surface area contributed by atoms with Crippen molar-refractivity contribution in [2.24, 2.45) is 0 Å². The van der Waals surface area contributed by atoms with Gasteiger partial charge in [-0.3, -0.25) is 0 Å². The second kappa shape index (κ2) is 2.79. The first-order valence-corrected chi connectivity index (χ1v) is 4.99. The molecule has 0 aliphatic carbocycles. The van der Waals surface area contributed by atoms with Crippen LogP contribution < -0.4 is 0 Å². The number of rotatable bonds is 0. The first kappa shape index (κ1) is 7.94. The molecule has 0 atom stereocenters. The van der Waals surface area contributed by atoms with Crippen LogP contribution in [0.3, 0.4) is 0 Å². The Hall–Kier alpha value is -1.41. The van der Waals surface area contributed by atoms with Gasteiger partial charge in [0.15, 0.2) is 0 Å². The van der Waals surface area contributed by atoms with Crippen LogP contribution in [0.2, 0.25) is 0 Å². The fourth-order valence-corrected chi connectivity index (χ4v) is 2.12. The number of hydrogen-bond donors (Lipinski definition) is 2. The molecule has 68 valence electrons. The molecule has 0 radical (unpaired) electrons. The lowest BCUT2D eigenvalue weighted by molar-refractivity contribution is 1.25. The van der Waals surface area contributed by atoms with Crippen molar-refractivity contribution in [3.63, 3.8) is 0 Å². The molecule has 0 bridgehead atoms. The minimum Gasteiger partial charge on any atom is -0.350 e. The Morgan fingerprint density at radius 3 is 2.71 bits per heavy atom. The fraction of sp³-hybridized carbons (Fsp3) is 0. The Balaban J connectivity index is 2.60. The maximum absolute atomic E-state index is 4.31. The van der Waals surface area contributed by atoms with Crippen molar-refractivity contribution >= 4 is 34.3 Å². The summed E-state index contributed by atoms with van der Waals surface area (Å²) in [5, 5.41) is 4.71. The third-order valence-corrected chi connectivity index (χ3v) is 2.76. The van der Waals surface area contributed by atoms with Crippen molar-refractivity contribution in [3.05, 3.63) is 42.5 Å². The minimum atomic E-state index is 0.913. The van der Waals surface area contributed by atoms with Crippen LogP contribution in [0.4, 0.5) is 0 Å². The summed E-state index contributed by atoms with van der Waals surface area (Å²) in [5.41, 5.74) is 1.15. The second-order valence-electron chi connectivity index (χ2n) is 3.40. The topological polar surface area (TPSA) is 15.8 Å². The highest BCUT2D eigenvalue weighted by Crippen LogP contribution is 2.26. The van der Waals surface area contributed by atoms with Gasteiger partial charge in [-0.05, 0) is 22.9 Å². The molecule has 0 spiro atoms. The highest BCUT2D eigenvalue weighted by Gasteiger charge is 2.01. The number of hydrogen-bond acceptors (Lipinski definition) is 1. The van der Waals surface area contributed by atoms with Crippen molar-refractivity contribution in [1.29, 1.82) is 0 Å². The molecule has 0 aliphatic rings. The summed E-state index contributed by atoms with van der Waals surface area (Å²) in [6.07, 6.45) is 0. The van der Waals surface area contributed by atoms with Gasteiger partial charge in [0.2, 0.25) is 0 Å². The number of fused-ring (bicyclic) bond motifs is 3. The van der Waals surface area contributed by atoms with Gasteiger partial charge in [0.05, 0.1) is 5.03 Å². The summed E-state index contributed by atoms with van der Waals surface area (Å²) in [5.74, 6) is 0. The van der Waals surface area contributed by atoms with Gasteiger partial charge in [-0.25, -0.2) is 0 Å². The van der Waals surface area contributed by atoms with Crippen LogP contribution in [0.25, 0.3) is 21.7 Å². The van der Waals surface area contributed by atoms with Gasteiger partial charge in [0.25, 0.3) is 0 Å². The van der Waals surface area contributed by atoms with E-state index in [-0.39, 0.29) is 0 Å². The lowest BCUT2D eigenvalue weighted by Gasteiger charge is -1.97. The molecule has 3 aromatic rings. The van der Waals surface area contributed by atoms with Gasteiger partial charge in [0.1, 0.15) is 0 Å². The monoisotopic (exact) mass is 199 g/mol. The quantitative estimate of drug-likeness (QED) is 0.514. The summed E-state index contributed by atoms with van der Waals surface area (Å²) in [4.78, 5) is 3.21. The van der Waals surface area contributed by atoms with Crippen molar-refractivity contribution in [2.45, 2.75) is 5.03 Å². The SMILES string of the molecule is Sc1cc2c(ccc3ccccc32)[nH]1. The third-order valence-electron chi connectivity index (χ3n) is 2.51. The van der Waals surface area contributed by atoms with Crippen LogP contribution in [0.15, 0.2) is 47.5 Å². The first-order valence-electron chi connectivity index (χ1n) is 4.54. The molecule has 1 nitrogen and oxygen atoms in total. The van der Waals surface area contributed by atoms with Gasteiger partial charge in [-0.15, -0.1) is 12.6 Å². The van der Waals surface area contributed by atoms with E-state index in [9.17, 15) is 0 Å². The van der Waals surface area contributed by atoms with Crippen LogP contribution >= 0.6 is 12.6 Å². The number of aromatic nitrogens is 1. The molecule has 0 aliphatic heterocycles. The molecule has 2 aromatic carbocycles. The predicted octanol–water partition coefficient (Wildman–Crippen LogP) is 3.61. The van der Waals surface area contributed by atoms with E-state index in [1.807, 2.05) is 0 Å². The third kappa shape index (κ3) is 1.04. The first-order chi connectivity index (χ1) is 6.84. The van der Waals surface area contributed by atoms with E-state index in [0.717, 1.165) is 10.5 Å². The zero-order valence-electron chi connectivity index (χ0n) is 7.49. The van der Waals surface area contributed by atoms with Crippen LogP contribution in [0.5, 0.6) is 0 Å².